The second-order valence-electron chi connectivity index (χ2n) is 6.15. The Labute approximate surface area is 154 Å². The van der Waals surface area contributed by atoms with Crippen LogP contribution < -0.4 is 15.4 Å². The summed E-state index contributed by atoms with van der Waals surface area (Å²) in [5, 5.41) is 5.59. The number of carbonyl (C=O) groups is 2. The third-order valence-corrected chi connectivity index (χ3v) is 4.13. The van der Waals surface area contributed by atoms with E-state index >= 15 is 0 Å². The first kappa shape index (κ1) is 19.5. The van der Waals surface area contributed by atoms with Crippen molar-refractivity contribution in [1.82, 2.24) is 4.90 Å². The van der Waals surface area contributed by atoms with Crippen molar-refractivity contribution >= 4 is 23.2 Å². The van der Waals surface area contributed by atoms with E-state index in [9.17, 15) is 9.59 Å². The van der Waals surface area contributed by atoms with E-state index in [1.165, 1.54) is 6.92 Å². The summed E-state index contributed by atoms with van der Waals surface area (Å²) in [7, 11) is 3.54. The average Bonchev–Trinajstić information content (AvgIpc) is 2.62. The van der Waals surface area contributed by atoms with Crippen LogP contribution in [-0.2, 0) is 16.1 Å². The van der Waals surface area contributed by atoms with Gasteiger partial charge in [0, 0.05) is 30.4 Å². The van der Waals surface area contributed by atoms with Crippen LogP contribution in [0.2, 0.25) is 0 Å². The van der Waals surface area contributed by atoms with E-state index in [0.717, 1.165) is 11.3 Å². The van der Waals surface area contributed by atoms with Crippen molar-refractivity contribution in [2.75, 3.05) is 24.8 Å². The van der Waals surface area contributed by atoms with Gasteiger partial charge in [-0.2, -0.15) is 0 Å². The van der Waals surface area contributed by atoms with E-state index in [2.05, 4.69) is 10.6 Å². The van der Waals surface area contributed by atoms with Gasteiger partial charge in [0.15, 0.2) is 0 Å². The predicted molar refractivity (Wildman–Crippen MR) is 103 cm³/mol. The number of ether oxygens (including phenoxy) is 1. The van der Waals surface area contributed by atoms with Crippen LogP contribution in [0.25, 0.3) is 0 Å². The van der Waals surface area contributed by atoms with Crippen molar-refractivity contribution in [3.63, 3.8) is 0 Å². The van der Waals surface area contributed by atoms with E-state index in [4.69, 9.17) is 4.74 Å². The molecule has 0 saturated carbocycles. The number of rotatable bonds is 7. The molecule has 1 unspecified atom stereocenters. The van der Waals surface area contributed by atoms with Crippen molar-refractivity contribution in [3.8, 4) is 5.75 Å². The maximum Gasteiger partial charge on any atom is 0.241 e. The number of para-hydroxylation sites is 1. The molecule has 6 heteroatoms. The minimum absolute atomic E-state index is 0.102. The predicted octanol–water partition coefficient (Wildman–Crippen LogP) is 3.11. The molecule has 2 aromatic rings. The molecule has 1 atom stereocenters. The van der Waals surface area contributed by atoms with Gasteiger partial charge >= 0.3 is 0 Å². The topological polar surface area (TPSA) is 70.7 Å². The quantitative estimate of drug-likeness (QED) is 0.801. The molecular weight excluding hydrogens is 330 g/mol. The SMILES string of the molecule is COc1ccccc1CN(C)C(C)C(=O)Nc1ccc(NC(C)=O)cc1. The number of benzene rings is 2. The Balaban J connectivity index is 1.96. The van der Waals surface area contributed by atoms with Gasteiger partial charge in [-0.05, 0) is 44.3 Å². The molecule has 138 valence electrons. The minimum atomic E-state index is -0.324. The highest BCUT2D eigenvalue weighted by Crippen LogP contribution is 2.20. The zero-order valence-corrected chi connectivity index (χ0v) is 15.6. The molecule has 0 fully saturated rings. The van der Waals surface area contributed by atoms with Gasteiger partial charge in [0.1, 0.15) is 5.75 Å². The van der Waals surface area contributed by atoms with Gasteiger partial charge in [-0.15, -0.1) is 0 Å². The molecule has 0 aliphatic heterocycles. The smallest absolute Gasteiger partial charge is 0.241 e. The average molecular weight is 355 g/mol. The number of likely N-dealkylation sites (N-methyl/N-ethyl adjacent to an activating group) is 1. The monoisotopic (exact) mass is 355 g/mol. The Hall–Kier alpha value is -2.86. The Morgan fingerprint density at radius 3 is 2.19 bits per heavy atom. The number of nitrogens with one attached hydrogen (secondary N) is 2. The molecule has 0 bridgehead atoms. The molecule has 2 N–H and O–H groups in total. The lowest BCUT2D eigenvalue weighted by atomic mass is 10.1. The fraction of sp³-hybridized carbons (Fsp3) is 0.300. The maximum absolute atomic E-state index is 12.5. The molecule has 2 aromatic carbocycles. The summed E-state index contributed by atoms with van der Waals surface area (Å²) >= 11 is 0. The Morgan fingerprint density at radius 1 is 1.04 bits per heavy atom. The molecule has 26 heavy (non-hydrogen) atoms. The van der Waals surface area contributed by atoms with Gasteiger partial charge < -0.3 is 15.4 Å². The molecule has 0 saturated heterocycles. The number of amides is 2. The first-order valence-electron chi connectivity index (χ1n) is 8.41. The normalized spacial score (nSPS) is 11.7. The summed E-state index contributed by atoms with van der Waals surface area (Å²) in [5.41, 5.74) is 2.40. The summed E-state index contributed by atoms with van der Waals surface area (Å²) in [6.45, 7) is 3.91. The summed E-state index contributed by atoms with van der Waals surface area (Å²) in [5.74, 6) is 0.573. The van der Waals surface area contributed by atoms with Gasteiger partial charge in [-0.3, -0.25) is 14.5 Å². The van der Waals surface area contributed by atoms with Gasteiger partial charge in [0.05, 0.1) is 13.2 Å². The molecule has 0 radical (unpaired) electrons. The lowest BCUT2D eigenvalue weighted by molar-refractivity contribution is -0.120. The molecule has 2 rings (SSSR count). The summed E-state index contributed by atoms with van der Waals surface area (Å²) in [6, 6.07) is 14.5. The second-order valence-corrected chi connectivity index (χ2v) is 6.15. The largest absolute Gasteiger partial charge is 0.496 e. The number of carbonyl (C=O) groups excluding carboxylic acids is 2. The Bertz CT molecular complexity index is 759. The molecular formula is C20H25N3O3. The maximum atomic E-state index is 12.5. The number of methoxy groups -OCH3 is 1. The molecule has 0 aliphatic rings. The first-order valence-corrected chi connectivity index (χ1v) is 8.41. The summed E-state index contributed by atoms with van der Waals surface area (Å²) < 4.78 is 5.36. The second kappa shape index (κ2) is 9.01. The molecule has 0 aliphatic carbocycles. The fourth-order valence-corrected chi connectivity index (χ4v) is 2.53. The molecule has 6 nitrogen and oxygen atoms in total. The van der Waals surface area contributed by atoms with Gasteiger partial charge in [0.2, 0.25) is 11.8 Å². The molecule has 2 amide bonds. The van der Waals surface area contributed by atoms with Crippen LogP contribution in [0.15, 0.2) is 48.5 Å². The van der Waals surface area contributed by atoms with Crippen molar-refractivity contribution < 1.29 is 14.3 Å². The van der Waals surface area contributed by atoms with Crippen LogP contribution in [0.4, 0.5) is 11.4 Å². The zero-order chi connectivity index (χ0) is 19.1. The third-order valence-electron chi connectivity index (χ3n) is 4.13. The van der Waals surface area contributed by atoms with E-state index in [0.29, 0.717) is 17.9 Å². The van der Waals surface area contributed by atoms with Crippen LogP contribution >= 0.6 is 0 Å². The van der Waals surface area contributed by atoms with Crippen molar-refractivity contribution in [3.05, 3.63) is 54.1 Å². The van der Waals surface area contributed by atoms with E-state index in [-0.39, 0.29) is 17.9 Å². The van der Waals surface area contributed by atoms with E-state index < -0.39 is 0 Å². The number of anilines is 2. The highest BCUT2D eigenvalue weighted by Gasteiger charge is 2.19. The van der Waals surface area contributed by atoms with E-state index in [1.54, 1.807) is 31.4 Å². The van der Waals surface area contributed by atoms with Gasteiger partial charge in [0.25, 0.3) is 0 Å². The molecule has 0 spiro atoms. The first-order chi connectivity index (χ1) is 12.4. The lowest BCUT2D eigenvalue weighted by Gasteiger charge is -2.24. The van der Waals surface area contributed by atoms with Crippen LogP contribution in [0.3, 0.4) is 0 Å². The Morgan fingerprint density at radius 2 is 1.62 bits per heavy atom. The zero-order valence-electron chi connectivity index (χ0n) is 15.6. The van der Waals surface area contributed by atoms with Crippen molar-refractivity contribution in [2.24, 2.45) is 0 Å². The van der Waals surface area contributed by atoms with Crippen LogP contribution in [-0.4, -0.2) is 36.9 Å². The number of hydrogen-bond donors (Lipinski definition) is 2. The highest BCUT2D eigenvalue weighted by atomic mass is 16.5. The lowest BCUT2D eigenvalue weighted by Crippen LogP contribution is -2.39. The summed E-state index contributed by atoms with van der Waals surface area (Å²) in [4.78, 5) is 25.5. The van der Waals surface area contributed by atoms with Gasteiger partial charge in [-0.1, -0.05) is 18.2 Å². The van der Waals surface area contributed by atoms with Crippen molar-refractivity contribution in [2.45, 2.75) is 26.4 Å². The van der Waals surface area contributed by atoms with Gasteiger partial charge in [-0.25, -0.2) is 0 Å². The number of hydrogen-bond acceptors (Lipinski definition) is 4. The Kier molecular flexibility index (Phi) is 6.74. The third kappa shape index (κ3) is 5.32. The molecule has 0 aromatic heterocycles. The van der Waals surface area contributed by atoms with Crippen LogP contribution in [0.1, 0.15) is 19.4 Å². The highest BCUT2D eigenvalue weighted by molar-refractivity contribution is 5.95. The van der Waals surface area contributed by atoms with Crippen LogP contribution in [0.5, 0.6) is 5.75 Å². The van der Waals surface area contributed by atoms with Crippen LogP contribution in [0, 0.1) is 0 Å². The van der Waals surface area contributed by atoms with E-state index in [1.807, 2.05) is 43.1 Å². The summed E-state index contributed by atoms with van der Waals surface area (Å²) in [6.07, 6.45) is 0. The van der Waals surface area contributed by atoms with Crippen molar-refractivity contribution in [1.29, 1.82) is 0 Å². The fourth-order valence-electron chi connectivity index (χ4n) is 2.53. The number of nitrogens with zero attached hydrogens (tertiary/aromatic N) is 1. The molecule has 0 heterocycles. The minimum Gasteiger partial charge on any atom is -0.496 e. The standard InChI is InChI=1S/C20H25N3O3/c1-14(23(3)13-16-7-5-6-8-19(16)26-4)20(25)22-18-11-9-17(10-12-18)21-15(2)24/h5-12,14H,13H2,1-4H3,(H,21,24)(H,22,25).